The maximum atomic E-state index is 13.4. The quantitative estimate of drug-likeness (QED) is 0.280. The lowest BCUT2D eigenvalue weighted by Crippen LogP contribution is -2.15. The van der Waals surface area contributed by atoms with Crippen molar-refractivity contribution in [3.8, 4) is 16.9 Å². The first-order valence-electron chi connectivity index (χ1n) is 10.1. The van der Waals surface area contributed by atoms with Crippen molar-refractivity contribution in [3.63, 3.8) is 0 Å². The van der Waals surface area contributed by atoms with E-state index in [0.717, 1.165) is 22.9 Å². The molecule has 0 aliphatic carbocycles. The van der Waals surface area contributed by atoms with Gasteiger partial charge in [-0.3, -0.25) is 4.79 Å². The summed E-state index contributed by atoms with van der Waals surface area (Å²) >= 11 is 18.3. The van der Waals surface area contributed by atoms with E-state index in [9.17, 15) is 26.4 Å². The molecule has 37 heavy (non-hydrogen) atoms. The molecule has 0 fully saturated rings. The number of halogens is 6. The molecule has 3 N–H and O–H groups in total. The van der Waals surface area contributed by atoms with Crippen molar-refractivity contribution >= 4 is 56.4 Å². The summed E-state index contributed by atoms with van der Waals surface area (Å²) in [5.41, 5.74) is -0.382. The van der Waals surface area contributed by atoms with Gasteiger partial charge in [0, 0.05) is 11.1 Å². The number of alkyl halides is 3. The van der Waals surface area contributed by atoms with Gasteiger partial charge in [0.15, 0.2) is 5.69 Å². The lowest BCUT2D eigenvalue weighted by molar-refractivity contribution is -0.141. The summed E-state index contributed by atoms with van der Waals surface area (Å²) < 4.78 is 64.4. The average Bonchev–Trinajstić information content (AvgIpc) is 3.27. The third-order valence-electron chi connectivity index (χ3n) is 5.11. The zero-order chi connectivity index (χ0) is 27.1. The van der Waals surface area contributed by atoms with Crippen LogP contribution in [0.5, 0.6) is 0 Å². The Bertz CT molecular complexity index is 1600. The molecule has 0 saturated heterocycles. The van der Waals surface area contributed by atoms with Gasteiger partial charge < -0.3 is 5.32 Å². The number of hydrogen-bond acceptors (Lipinski definition) is 4. The van der Waals surface area contributed by atoms with Crippen LogP contribution in [0.3, 0.4) is 0 Å². The lowest BCUT2D eigenvalue weighted by atomic mass is 10.1. The number of carbonyl (C=O) groups excluding carboxylic acids is 1. The van der Waals surface area contributed by atoms with E-state index in [4.69, 9.17) is 39.9 Å². The molecule has 0 unspecified atom stereocenters. The van der Waals surface area contributed by atoms with Gasteiger partial charge in [-0.25, -0.2) is 18.2 Å². The molecule has 0 radical (unpaired) electrons. The van der Waals surface area contributed by atoms with E-state index in [1.54, 1.807) is 12.1 Å². The number of aromatic nitrogens is 2. The summed E-state index contributed by atoms with van der Waals surface area (Å²) in [4.78, 5) is 12.4. The van der Waals surface area contributed by atoms with Gasteiger partial charge >= 0.3 is 6.18 Å². The van der Waals surface area contributed by atoms with Crippen LogP contribution in [0.15, 0.2) is 71.6 Å². The van der Waals surface area contributed by atoms with E-state index in [1.807, 2.05) is 0 Å². The number of hydrogen-bond donors (Lipinski definition) is 2. The summed E-state index contributed by atoms with van der Waals surface area (Å²) in [6, 6.07) is 14.9. The van der Waals surface area contributed by atoms with Crippen molar-refractivity contribution in [1.82, 2.24) is 9.78 Å². The average molecular weight is 590 g/mol. The van der Waals surface area contributed by atoms with E-state index in [-0.39, 0.29) is 42.6 Å². The minimum atomic E-state index is -4.70. The zero-order valence-electron chi connectivity index (χ0n) is 18.2. The van der Waals surface area contributed by atoms with Crippen molar-refractivity contribution in [1.29, 1.82) is 0 Å². The first-order chi connectivity index (χ1) is 17.3. The smallest absolute Gasteiger partial charge is 0.319 e. The molecule has 7 nitrogen and oxygen atoms in total. The highest BCUT2D eigenvalue weighted by Crippen LogP contribution is 2.36. The molecule has 1 amide bonds. The Balaban J connectivity index is 1.67. The number of primary sulfonamides is 1. The number of benzene rings is 3. The van der Waals surface area contributed by atoms with Crippen molar-refractivity contribution in [3.05, 3.63) is 93.1 Å². The van der Waals surface area contributed by atoms with Crippen molar-refractivity contribution in [2.45, 2.75) is 11.1 Å². The van der Waals surface area contributed by atoms with Crippen molar-refractivity contribution in [2.75, 3.05) is 5.32 Å². The molecule has 4 rings (SSSR count). The standard InChI is InChI=1S/C23H14Cl3F3N4O3S/c24-15-3-1-2-4-18(15)33-19(11-20(32-33)23(27,28)29)12-5-7-13(8-6-12)22(34)31-21-16(25)9-14(10-17(21)26)37(30,35)36/h1-11H,(H,31,34)(H2,30,35,36). The van der Waals surface area contributed by atoms with Gasteiger partial charge in [0.25, 0.3) is 5.91 Å². The minimum Gasteiger partial charge on any atom is -0.319 e. The summed E-state index contributed by atoms with van der Waals surface area (Å²) in [5, 5.41) is 11.1. The van der Waals surface area contributed by atoms with Crippen LogP contribution in [0.4, 0.5) is 18.9 Å². The van der Waals surface area contributed by atoms with Gasteiger partial charge in [0.2, 0.25) is 10.0 Å². The molecule has 3 aromatic carbocycles. The van der Waals surface area contributed by atoms with Crippen LogP contribution in [-0.4, -0.2) is 24.1 Å². The normalized spacial score (nSPS) is 12.0. The predicted molar refractivity (Wildman–Crippen MR) is 135 cm³/mol. The highest BCUT2D eigenvalue weighted by Gasteiger charge is 2.35. The van der Waals surface area contributed by atoms with Gasteiger partial charge in [-0.05, 0) is 42.5 Å². The van der Waals surface area contributed by atoms with Crippen LogP contribution < -0.4 is 10.5 Å². The first kappa shape index (κ1) is 27.0. The second-order valence-corrected chi connectivity index (χ2v) is 10.4. The molecule has 1 heterocycles. The molecular formula is C23H14Cl3F3N4O3S. The Hall–Kier alpha value is -3.09. The number of rotatable bonds is 5. The molecule has 0 saturated carbocycles. The SMILES string of the molecule is NS(=O)(=O)c1cc(Cl)c(NC(=O)c2ccc(-c3cc(C(F)(F)F)nn3-c3ccccc3Cl)cc2)c(Cl)c1. The number of anilines is 1. The molecule has 1 aromatic heterocycles. The highest BCUT2D eigenvalue weighted by atomic mass is 35.5. The molecular weight excluding hydrogens is 576 g/mol. The van der Waals surface area contributed by atoms with Crippen LogP contribution in [0.25, 0.3) is 16.9 Å². The van der Waals surface area contributed by atoms with Crippen molar-refractivity contribution < 1.29 is 26.4 Å². The first-order valence-corrected chi connectivity index (χ1v) is 12.8. The van der Waals surface area contributed by atoms with E-state index >= 15 is 0 Å². The van der Waals surface area contributed by atoms with Crippen LogP contribution in [0.2, 0.25) is 15.1 Å². The van der Waals surface area contributed by atoms with Gasteiger partial charge in [0.1, 0.15) is 0 Å². The predicted octanol–water partition coefficient (Wildman–Crippen LogP) is 6.42. The summed E-state index contributed by atoms with van der Waals surface area (Å²) in [6.07, 6.45) is -4.70. The van der Waals surface area contributed by atoms with Crippen LogP contribution >= 0.6 is 34.8 Å². The van der Waals surface area contributed by atoms with Crippen LogP contribution in [-0.2, 0) is 16.2 Å². The molecule has 14 heteroatoms. The fraction of sp³-hybridized carbons (Fsp3) is 0.0435. The van der Waals surface area contributed by atoms with Crippen LogP contribution in [0.1, 0.15) is 16.1 Å². The fourth-order valence-electron chi connectivity index (χ4n) is 3.34. The molecule has 4 aromatic rings. The van der Waals surface area contributed by atoms with Gasteiger partial charge in [-0.15, -0.1) is 0 Å². The van der Waals surface area contributed by atoms with E-state index in [2.05, 4.69) is 10.4 Å². The maximum Gasteiger partial charge on any atom is 0.435 e. The molecule has 0 bridgehead atoms. The third kappa shape index (κ3) is 5.76. The number of carbonyl (C=O) groups is 1. The number of nitrogens with one attached hydrogen (secondary N) is 1. The number of para-hydroxylation sites is 1. The molecule has 192 valence electrons. The second kappa shape index (κ2) is 9.99. The number of nitrogens with two attached hydrogens (primary N) is 1. The largest absolute Gasteiger partial charge is 0.435 e. The summed E-state index contributed by atoms with van der Waals surface area (Å²) in [5.74, 6) is -0.658. The molecule has 0 atom stereocenters. The Morgan fingerprint density at radius 1 is 0.919 bits per heavy atom. The molecule has 0 spiro atoms. The third-order valence-corrected chi connectivity index (χ3v) is 6.91. The minimum absolute atomic E-state index is 0.0450. The Labute approximate surface area is 223 Å². The summed E-state index contributed by atoms with van der Waals surface area (Å²) in [6.45, 7) is 0. The topological polar surface area (TPSA) is 107 Å². The Morgan fingerprint density at radius 2 is 1.51 bits per heavy atom. The van der Waals surface area contributed by atoms with Gasteiger partial charge in [-0.2, -0.15) is 18.3 Å². The summed E-state index contributed by atoms with van der Waals surface area (Å²) in [7, 11) is -4.08. The Morgan fingerprint density at radius 3 is 2.05 bits per heavy atom. The lowest BCUT2D eigenvalue weighted by Gasteiger charge is -2.12. The molecule has 0 aliphatic heterocycles. The van der Waals surface area contributed by atoms with E-state index < -0.39 is 27.8 Å². The van der Waals surface area contributed by atoms with Crippen molar-refractivity contribution in [2.24, 2.45) is 5.14 Å². The Kier molecular flexibility index (Phi) is 7.28. The molecule has 0 aliphatic rings. The number of sulfonamides is 1. The van der Waals surface area contributed by atoms with Crippen LogP contribution in [0, 0.1) is 0 Å². The van der Waals surface area contributed by atoms with Gasteiger partial charge in [0.05, 0.1) is 37.0 Å². The zero-order valence-corrected chi connectivity index (χ0v) is 21.3. The van der Waals surface area contributed by atoms with E-state index in [1.165, 1.54) is 36.4 Å². The number of amides is 1. The van der Waals surface area contributed by atoms with Gasteiger partial charge in [-0.1, -0.05) is 59.1 Å². The number of nitrogens with zero attached hydrogens (tertiary/aromatic N) is 2. The highest BCUT2D eigenvalue weighted by molar-refractivity contribution is 7.89. The monoisotopic (exact) mass is 588 g/mol. The fourth-order valence-corrected chi connectivity index (χ4v) is 4.83. The second-order valence-electron chi connectivity index (χ2n) is 7.61. The maximum absolute atomic E-state index is 13.4. The van der Waals surface area contributed by atoms with E-state index in [0.29, 0.717) is 5.56 Å².